The lowest BCUT2D eigenvalue weighted by Crippen LogP contribution is -2.03. The molecule has 0 bridgehead atoms. The molecule has 86 valence electrons. The van der Waals surface area contributed by atoms with Crippen molar-refractivity contribution in [1.29, 1.82) is 0 Å². The summed E-state index contributed by atoms with van der Waals surface area (Å²) >= 11 is 8.24. The second kappa shape index (κ2) is 5.65. The van der Waals surface area contributed by atoms with Crippen molar-refractivity contribution in [1.82, 2.24) is 0 Å². The number of carbonyl (C=O) groups excluding carboxylic acids is 1. The summed E-state index contributed by atoms with van der Waals surface area (Å²) in [5.41, 5.74) is 1.60. The summed E-state index contributed by atoms with van der Waals surface area (Å²) in [6.07, 6.45) is 0.347. The Morgan fingerprint density at radius 2 is 1.71 bits per heavy atom. The van der Waals surface area contributed by atoms with E-state index in [4.69, 9.17) is 11.6 Å². The van der Waals surface area contributed by atoms with Crippen LogP contribution in [0.15, 0.2) is 48.5 Å². The third-order valence-electron chi connectivity index (χ3n) is 2.48. The number of hydrogen-bond acceptors (Lipinski definition) is 1. The van der Waals surface area contributed by atoms with E-state index in [9.17, 15) is 4.79 Å². The van der Waals surface area contributed by atoms with Crippen LogP contribution in [-0.4, -0.2) is 5.78 Å². The van der Waals surface area contributed by atoms with E-state index in [1.807, 2.05) is 42.5 Å². The number of carbonyl (C=O) groups is 1. The molecule has 0 radical (unpaired) electrons. The quantitative estimate of drug-likeness (QED) is 0.589. The molecule has 0 saturated heterocycles. The number of Topliss-reactive ketones (excluding diaryl/α,β-unsaturated/α-hetero) is 1. The zero-order valence-electron chi connectivity index (χ0n) is 8.99. The summed E-state index contributed by atoms with van der Waals surface area (Å²) in [6.45, 7) is 0. The van der Waals surface area contributed by atoms with Gasteiger partial charge in [0.15, 0.2) is 5.78 Å². The normalized spacial score (nSPS) is 10.2. The minimum absolute atomic E-state index is 0.0921. The van der Waals surface area contributed by atoms with Gasteiger partial charge in [0.25, 0.3) is 0 Å². The van der Waals surface area contributed by atoms with Gasteiger partial charge >= 0.3 is 0 Å². The van der Waals surface area contributed by atoms with Crippen molar-refractivity contribution in [2.75, 3.05) is 0 Å². The molecule has 0 saturated carbocycles. The molecule has 2 aromatic rings. The zero-order valence-corrected chi connectivity index (χ0v) is 11.9. The summed E-state index contributed by atoms with van der Waals surface area (Å²) < 4.78 is 1.12. The zero-order chi connectivity index (χ0) is 12.3. The van der Waals surface area contributed by atoms with E-state index in [1.165, 1.54) is 0 Å². The van der Waals surface area contributed by atoms with Crippen LogP contribution in [0.2, 0.25) is 5.02 Å². The van der Waals surface area contributed by atoms with Gasteiger partial charge in [-0.2, -0.15) is 0 Å². The minimum Gasteiger partial charge on any atom is -0.294 e. The highest BCUT2D eigenvalue weighted by molar-refractivity contribution is 14.1. The van der Waals surface area contributed by atoms with Gasteiger partial charge in [0, 0.05) is 20.6 Å². The Bertz CT molecular complexity index is 534. The number of halogens is 2. The fraction of sp³-hybridized carbons (Fsp3) is 0.0714. The fourth-order valence-electron chi connectivity index (χ4n) is 1.55. The Labute approximate surface area is 119 Å². The van der Waals surface area contributed by atoms with Gasteiger partial charge in [0.2, 0.25) is 0 Å². The van der Waals surface area contributed by atoms with E-state index in [0.717, 1.165) is 14.7 Å². The van der Waals surface area contributed by atoms with Crippen LogP contribution in [0.5, 0.6) is 0 Å². The molecule has 0 fully saturated rings. The van der Waals surface area contributed by atoms with Gasteiger partial charge in [-0.25, -0.2) is 0 Å². The predicted octanol–water partition coefficient (Wildman–Crippen LogP) is 4.37. The van der Waals surface area contributed by atoms with Gasteiger partial charge in [0.05, 0.1) is 0 Å². The highest BCUT2D eigenvalue weighted by Gasteiger charge is 2.08. The van der Waals surface area contributed by atoms with Crippen LogP contribution in [0, 0.1) is 3.57 Å². The van der Waals surface area contributed by atoms with Gasteiger partial charge in [-0.3, -0.25) is 4.79 Å². The average Bonchev–Trinajstić information content (AvgIpc) is 2.33. The molecular weight excluding hydrogens is 347 g/mol. The van der Waals surface area contributed by atoms with Crippen molar-refractivity contribution < 1.29 is 4.79 Å². The van der Waals surface area contributed by atoms with Gasteiger partial charge in [-0.15, -0.1) is 0 Å². The maximum atomic E-state index is 12.0. The molecule has 1 nitrogen and oxygen atoms in total. The molecule has 0 N–H and O–H groups in total. The van der Waals surface area contributed by atoms with Crippen LogP contribution in [0.3, 0.4) is 0 Å². The molecule has 0 aliphatic heterocycles. The summed E-state index contributed by atoms with van der Waals surface area (Å²) in [5.74, 6) is 0.0921. The van der Waals surface area contributed by atoms with E-state index in [2.05, 4.69) is 22.6 Å². The first-order valence-electron chi connectivity index (χ1n) is 5.19. The van der Waals surface area contributed by atoms with Gasteiger partial charge < -0.3 is 0 Å². The van der Waals surface area contributed by atoms with E-state index < -0.39 is 0 Å². The lowest BCUT2D eigenvalue weighted by atomic mass is 10.0. The fourth-order valence-corrected chi connectivity index (χ4v) is 2.11. The Balaban J connectivity index is 2.17. The van der Waals surface area contributed by atoms with E-state index in [1.54, 1.807) is 6.07 Å². The first kappa shape index (κ1) is 12.6. The summed E-state index contributed by atoms with van der Waals surface area (Å²) in [5, 5.41) is 0.645. The number of rotatable bonds is 3. The van der Waals surface area contributed by atoms with Crippen LogP contribution >= 0.6 is 34.2 Å². The molecule has 0 aromatic heterocycles. The van der Waals surface area contributed by atoms with Crippen molar-refractivity contribution in [3.63, 3.8) is 0 Å². The molecule has 0 aliphatic carbocycles. The van der Waals surface area contributed by atoms with Crippen molar-refractivity contribution in [2.24, 2.45) is 0 Å². The van der Waals surface area contributed by atoms with Crippen LogP contribution in [0.25, 0.3) is 0 Å². The second-order valence-corrected chi connectivity index (χ2v) is 5.35. The maximum Gasteiger partial charge on any atom is 0.167 e. The topological polar surface area (TPSA) is 17.1 Å². The first-order chi connectivity index (χ1) is 8.16. The number of benzene rings is 2. The molecular formula is C14H10ClIO. The van der Waals surface area contributed by atoms with Crippen molar-refractivity contribution in [2.45, 2.75) is 6.42 Å². The lowest BCUT2D eigenvalue weighted by Gasteiger charge is -2.03. The molecule has 0 amide bonds. The van der Waals surface area contributed by atoms with Crippen molar-refractivity contribution in [3.8, 4) is 0 Å². The van der Waals surface area contributed by atoms with Gasteiger partial charge in [-0.1, -0.05) is 41.9 Å². The molecule has 3 heteroatoms. The molecule has 0 atom stereocenters. The highest BCUT2D eigenvalue weighted by atomic mass is 127. The smallest absolute Gasteiger partial charge is 0.167 e. The minimum atomic E-state index is 0.0921. The van der Waals surface area contributed by atoms with Crippen LogP contribution in [0.4, 0.5) is 0 Å². The van der Waals surface area contributed by atoms with Crippen LogP contribution in [-0.2, 0) is 6.42 Å². The Morgan fingerprint density at radius 3 is 2.35 bits per heavy atom. The van der Waals surface area contributed by atoms with E-state index in [0.29, 0.717) is 11.4 Å². The SMILES string of the molecule is O=C(Cc1ccccc1Cl)c1ccc(I)cc1. The second-order valence-electron chi connectivity index (χ2n) is 3.70. The standard InChI is InChI=1S/C14H10ClIO/c15-13-4-2-1-3-11(13)9-14(17)10-5-7-12(16)8-6-10/h1-8H,9H2. The monoisotopic (exact) mass is 356 g/mol. The van der Waals surface area contributed by atoms with Crippen LogP contribution < -0.4 is 0 Å². The molecule has 2 rings (SSSR count). The maximum absolute atomic E-state index is 12.0. The summed E-state index contributed by atoms with van der Waals surface area (Å²) in [7, 11) is 0. The molecule has 2 aromatic carbocycles. The van der Waals surface area contributed by atoms with Gasteiger partial charge in [-0.05, 0) is 46.4 Å². The van der Waals surface area contributed by atoms with E-state index >= 15 is 0 Å². The molecule has 0 spiro atoms. The first-order valence-corrected chi connectivity index (χ1v) is 6.64. The van der Waals surface area contributed by atoms with Crippen molar-refractivity contribution in [3.05, 3.63) is 68.3 Å². The third-order valence-corrected chi connectivity index (χ3v) is 3.56. The Morgan fingerprint density at radius 1 is 1.06 bits per heavy atom. The number of ketones is 1. The molecule has 17 heavy (non-hydrogen) atoms. The molecule has 0 unspecified atom stereocenters. The van der Waals surface area contributed by atoms with E-state index in [-0.39, 0.29) is 5.78 Å². The molecule has 0 heterocycles. The summed E-state index contributed by atoms with van der Waals surface area (Å²) in [6, 6.07) is 15.0. The summed E-state index contributed by atoms with van der Waals surface area (Å²) in [4.78, 5) is 12.0. The average molecular weight is 357 g/mol. The Kier molecular flexibility index (Phi) is 4.18. The third kappa shape index (κ3) is 3.30. The largest absolute Gasteiger partial charge is 0.294 e. The number of hydrogen-bond donors (Lipinski definition) is 0. The van der Waals surface area contributed by atoms with Gasteiger partial charge in [0.1, 0.15) is 0 Å². The molecule has 0 aliphatic rings. The highest BCUT2D eigenvalue weighted by Crippen LogP contribution is 2.17. The van der Waals surface area contributed by atoms with Crippen LogP contribution in [0.1, 0.15) is 15.9 Å². The van der Waals surface area contributed by atoms with Crippen molar-refractivity contribution >= 4 is 40.0 Å². The predicted molar refractivity (Wildman–Crippen MR) is 78.6 cm³/mol. The Hall–Kier alpha value is -0.870. The lowest BCUT2D eigenvalue weighted by molar-refractivity contribution is 0.0993.